The average Bonchev–Trinajstić information content (AvgIpc) is 3.10. The molecule has 3 heterocycles. The van der Waals surface area contributed by atoms with Gasteiger partial charge in [0.1, 0.15) is 0 Å². The lowest BCUT2D eigenvalue weighted by Gasteiger charge is -2.31. The van der Waals surface area contributed by atoms with Gasteiger partial charge in [-0.2, -0.15) is 0 Å². The molecular formula is C14H26N4O. The maximum atomic E-state index is 12.5. The van der Waals surface area contributed by atoms with Crippen LogP contribution in [0.15, 0.2) is 0 Å². The van der Waals surface area contributed by atoms with Gasteiger partial charge >= 0.3 is 0 Å². The highest BCUT2D eigenvalue weighted by atomic mass is 16.2. The molecule has 0 aromatic heterocycles. The Hall–Kier alpha value is -0.650. The summed E-state index contributed by atoms with van der Waals surface area (Å²) in [7, 11) is 0. The van der Waals surface area contributed by atoms with Crippen molar-refractivity contribution in [2.24, 2.45) is 0 Å². The Bertz CT molecular complexity index is 321. The minimum atomic E-state index is -0.0199. The van der Waals surface area contributed by atoms with Crippen LogP contribution in [0.3, 0.4) is 0 Å². The Morgan fingerprint density at radius 1 is 1.11 bits per heavy atom. The van der Waals surface area contributed by atoms with Crippen LogP contribution in [0.25, 0.3) is 0 Å². The van der Waals surface area contributed by atoms with Crippen LogP contribution in [0, 0.1) is 0 Å². The van der Waals surface area contributed by atoms with Gasteiger partial charge in [-0.1, -0.05) is 0 Å². The number of rotatable bonds is 2. The largest absolute Gasteiger partial charge is 0.340 e. The van der Waals surface area contributed by atoms with Crippen molar-refractivity contribution in [3.8, 4) is 0 Å². The van der Waals surface area contributed by atoms with Crippen LogP contribution in [0.1, 0.15) is 26.2 Å². The fourth-order valence-corrected chi connectivity index (χ4v) is 3.52. The van der Waals surface area contributed by atoms with Gasteiger partial charge < -0.3 is 15.5 Å². The van der Waals surface area contributed by atoms with Gasteiger partial charge in [-0.25, -0.2) is 0 Å². The lowest BCUT2D eigenvalue weighted by atomic mass is 10.1. The van der Waals surface area contributed by atoms with Gasteiger partial charge in [0, 0.05) is 38.3 Å². The Kier molecular flexibility index (Phi) is 4.05. The molecule has 5 nitrogen and oxygen atoms in total. The molecule has 3 aliphatic heterocycles. The number of nitrogens with one attached hydrogen (secondary N) is 2. The minimum absolute atomic E-state index is 0.0199. The molecular weight excluding hydrogens is 240 g/mol. The van der Waals surface area contributed by atoms with Gasteiger partial charge in [0.25, 0.3) is 0 Å². The summed E-state index contributed by atoms with van der Waals surface area (Å²) in [6.07, 6.45) is 3.81. The fourth-order valence-electron chi connectivity index (χ4n) is 3.52. The van der Waals surface area contributed by atoms with E-state index in [-0.39, 0.29) is 6.04 Å². The first kappa shape index (κ1) is 13.3. The first-order valence-corrected chi connectivity index (χ1v) is 7.73. The van der Waals surface area contributed by atoms with Crippen molar-refractivity contribution in [3.63, 3.8) is 0 Å². The SMILES string of the molecule is CC1CNC(C(=O)N2CCC(N3CCCC3)C2)CN1. The van der Waals surface area contributed by atoms with Crippen LogP contribution in [-0.4, -0.2) is 73.1 Å². The van der Waals surface area contributed by atoms with Crippen LogP contribution in [-0.2, 0) is 4.79 Å². The van der Waals surface area contributed by atoms with Crippen molar-refractivity contribution in [2.45, 2.75) is 44.3 Å². The number of nitrogens with zero attached hydrogens (tertiary/aromatic N) is 2. The molecule has 5 heteroatoms. The number of likely N-dealkylation sites (tertiary alicyclic amines) is 2. The van der Waals surface area contributed by atoms with E-state index in [4.69, 9.17) is 0 Å². The molecule has 0 aromatic carbocycles. The van der Waals surface area contributed by atoms with Gasteiger partial charge in [0.05, 0.1) is 6.04 Å². The Morgan fingerprint density at radius 2 is 1.89 bits per heavy atom. The summed E-state index contributed by atoms with van der Waals surface area (Å²) in [4.78, 5) is 17.1. The van der Waals surface area contributed by atoms with Crippen molar-refractivity contribution in [2.75, 3.05) is 39.3 Å². The molecule has 3 aliphatic rings. The Labute approximate surface area is 115 Å². The molecule has 3 unspecified atom stereocenters. The molecule has 0 bridgehead atoms. The molecule has 108 valence electrons. The molecule has 3 atom stereocenters. The summed E-state index contributed by atoms with van der Waals surface area (Å²) < 4.78 is 0. The smallest absolute Gasteiger partial charge is 0.241 e. The predicted molar refractivity (Wildman–Crippen MR) is 75.0 cm³/mol. The van der Waals surface area contributed by atoms with Gasteiger partial charge in [-0.15, -0.1) is 0 Å². The van der Waals surface area contributed by atoms with Crippen LogP contribution in [0.4, 0.5) is 0 Å². The predicted octanol–water partition coefficient (Wildman–Crippen LogP) is -0.367. The summed E-state index contributed by atoms with van der Waals surface area (Å²) in [6, 6.07) is 1.07. The zero-order valence-corrected chi connectivity index (χ0v) is 11.9. The van der Waals surface area contributed by atoms with E-state index in [2.05, 4.69) is 27.4 Å². The van der Waals surface area contributed by atoms with Crippen LogP contribution in [0.2, 0.25) is 0 Å². The van der Waals surface area contributed by atoms with Crippen molar-refractivity contribution in [3.05, 3.63) is 0 Å². The third-order valence-corrected chi connectivity index (χ3v) is 4.77. The van der Waals surface area contributed by atoms with Crippen molar-refractivity contribution < 1.29 is 4.79 Å². The van der Waals surface area contributed by atoms with Crippen molar-refractivity contribution >= 4 is 5.91 Å². The molecule has 3 saturated heterocycles. The summed E-state index contributed by atoms with van der Waals surface area (Å²) in [5, 5.41) is 6.74. The number of piperazine rings is 1. The average molecular weight is 266 g/mol. The molecule has 1 amide bonds. The highest BCUT2D eigenvalue weighted by Gasteiger charge is 2.35. The summed E-state index contributed by atoms with van der Waals surface area (Å²) in [6.45, 7) is 8.14. The van der Waals surface area contributed by atoms with Crippen LogP contribution < -0.4 is 10.6 Å². The highest BCUT2D eigenvalue weighted by molar-refractivity contribution is 5.82. The van der Waals surface area contributed by atoms with Gasteiger partial charge in [0.15, 0.2) is 0 Å². The topological polar surface area (TPSA) is 47.6 Å². The lowest BCUT2D eigenvalue weighted by Crippen LogP contribution is -2.59. The molecule has 0 radical (unpaired) electrons. The van der Waals surface area contributed by atoms with Crippen molar-refractivity contribution in [1.82, 2.24) is 20.4 Å². The second-order valence-corrected chi connectivity index (χ2v) is 6.24. The van der Waals surface area contributed by atoms with E-state index in [1.54, 1.807) is 0 Å². The minimum Gasteiger partial charge on any atom is -0.340 e. The highest BCUT2D eigenvalue weighted by Crippen LogP contribution is 2.21. The van der Waals surface area contributed by atoms with Crippen LogP contribution >= 0.6 is 0 Å². The van der Waals surface area contributed by atoms with E-state index < -0.39 is 0 Å². The third kappa shape index (κ3) is 2.93. The number of carbonyl (C=O) groups excluding carboxylic acids is 1. The zero-order valence-electron chi connectivity index (χ0n) is 11.9. The Balaban J connectivity index is 1.51. The summed E-state index contributed by atoms with van der Waals surface area (Å²) in [5.41, 5.74) is 0. The van der Waals surface area contributed by atoms with Crippen LogP contribution in [0.5, 0.6) is 0 Å². The fraction of sp³-hybridized carbons (Fsp3) is 0.929. The number of carbonyl (C=O) groups is 1. The summed E-state index contributed by atoms with van der Waals surface area (Å²) in [5.74, 6) is 0.293. The van der Waals surface area contributed by atoms with E-state index in [9.17, 15) is 4.79 Å². The van der Waals surface area contributed by atoms with E-state index in [0.717, 1.165) is 32.6 Å². The van der Waals surface area contributed by atoms with Crippen molar-refractivity contribution in [1.29, 1.82) is 0 Å². The van der Waals surface area contributed by atoms with E-state index in [0.29, 0.717) is 18.0 Å². The molecule has 0 spiro atoms. The quantitative estimate of drug-likeness (QED) is 0.716. The monoisotopic (exact) mass is 266 g/mol. The molecule has 3 fully saturated rings. The molecule has 0 saturated carbocycles. The molecule has 3 rings (SSSR count). The standard InChI is InChI=1S/C14H26N4O/c1-11-8-16-13(9-15-11)14(19)18-7-4-12(10-18)17-5-2-3-6-17/h11-13,15-16H,2-10H2,1H3. The third-order valence-electron chi connectivity index (χ3n) is 4.77. The first-order valence-electron chi connectivity index (χ1n) is 7.73. The normalized spacial score (nSPS) is 36.9. The number of hydrogen-bond donors (Lipinski definition) is 2. The molecule has 0 aromatic rings. The van der Waals surface area contributed by atoms with E-state index >= 15 is 0 Å². The zero-order chi connectivity index (χ0) is 13.2. The molecule has 0 aliphatic carbocycles. The summed E-state index contributed by atoms with van der Waals surface area (Å²) >= 11 is 0. The lowest BCUT2D eigenvalue weighted by molar-refractivity contribution is -0.132. The first-order chi connectivity index (χ1) is 9.24. The Morgan fingerprint density at radius 3 is 2.58 bits per heavy atom. The van der Waals surface area contributed by atoms with Gasteiger partial charge in [-0.3, -0.25) is 9.69 Å². The maximum absolute atomic E-state index is 12.5. The number of hydrogen-bond acceptors (Lipinski definition) is 4. The second-order valence-electron chi connectivity index (χ2n) is 6.24. The van der Waals surface area contributed by atoms with Gasteiger partial charge in [-0.05, 0) is 39.3 Å². The second kappa shape index (κ2) is 5.77. The number of amides is 1. The molecule has 2 N–H and O–H groups in total. The molecule has 19 heavy (non-hydrogen) atoms. The van der Waals surface area contributed by atoms with E-state index in [1.165, 1.54) is 25.9 Å². The van der Waals surface area contributed by atoms with E-state index in [1.807, 2.05) is 0 Å². The van der Waals surface area contributed by atoms with Gasteiger partial charge in [0.2, 0.25) is 5.91 Å². The maximum Gasteiger partial charge on any atom is 0.241 e.